The van der Waals surface area contributed by atoms with Gasteiger partial charge in [0.25, 0.3) is 0 Å². The van der Waals surface area contributed by atoms with Gasteiger partial charge in [-0.2, -0.15) is 0 Å². The van der Waals surface area contributed by atoms with Crippen molar-refractivity contribution in [2.24, 2.45) is 5.92 Å². The number of Topliss-reactive ketones (excluding diaryl/α,β-unsaturated/α-hetero) is 1. The summed E-state index contributed by atoms with van der Waals surface area (Å²) in [5.41, 5.74) is 0. The van der Waals surface area contributed by atoms with Crippen LogP contribution in [0.15, 0.2) is 42.5 Å². The molecule has 2 N–H and O–H groups in total. The summed E-state index contributed by atoms with van der Waals surface area (Å²) >= 11 is 0. The molecule has 1 aliphatic rings. The van der Waals surface area contributed by atoms with Gasteiger partial charge in [-0.05, 0) is 31.4 Å². The number of esters is 1. The number of ether oxygens (including phenoxy) is 3. The summed E-state index contributed by atoms with van der Waals surface area (Å²) in [5.74, 6) is -0.0375. The third kappa shape index (κ3) is 7.97. The second kappa shape index (κ2) is 12.4. The van der Waals surface area contributed by atoms with Crippen LogP contribution in [0.4, 0.5) is 0 Å². The predicted molar refractivity (Wildman–Crippen MR) is 106 cm³/mol. The van der Waals surface area contributed by atoms with E-state index in [1.54, 1.807) is 12.1 Å². The first-order valence-electron chi connectivity index (χ1n) is 9.91. The molecule has 0 heterocycles. The van der Waals surface area contributed by atoms with Gasteiger partial charge in [0.1, 0.15) is 24.2 Å². The van der Waals surface area contributed by atoms with Crippen LogP contribution in [0.5, 0.6) is 5.75 Å². The van der Waals surface area contributed by atoms with E-state index in [0.29, 0.717) is 31.4 Å². The van der Waals surface area contributed by atoms with Crippen molar-refractivity contribution in [2.45, 2.75) is 50.4 Å². The zero-order valence-corrected chi connectivity index (χ0v) is 16.7. The Kier molecular flexibility index (Phi) is 9.83. The maximum absolute atomic E-state index is 12.2. The summed E-state index contributed by atoms with van der Waals surface area (Å²) in [6.45, 7) is 0.0433. The molecule has 0 aromatic heterocycles. The van der Waals surface area contributed by atoms with Gasteiger partial charge in [0, 0.05) is 18.8 Å². The lowest BCUT2D eigenvalue weighted by molar-refractivity contribution is -0.140. The molecule has 0 amide bonds. The summed E-state index contributed by atoms with van der Waals surface area (Å²) in [5, 5.41) is 20.2. The topological polar surface area (TPSA) is 102 Å². The number of aliphatic hydroxyl groups excluding tert-OH is 2. The molecule has 2 rings (SSSR count). The molecule has 1 fully saturated rings. The van der Waals surface area contributed by atoms with Crippen LogP contribution in [0.25, 0.3) is 0 Å². The van der Waals surface area contributed by atoms with Crippen LogP contribution >= 0.6 is 0 Å². The van der Waals surface area contributed by atoms with Gasteiger partial charge in [0.15, 0.2) is 0 Å². The van der Waals surface area contributed by atoms with E-state index in [4.69, 9.17) is 9.47 Å². The number of methoxy groups -OCH3 is 1. The van der Waals surface area contributed by atoms with Crippen LogP contribution in [-0.4, -0.2) is 60.6 Å². The fourth-order valence-corrected chi connectivity index (χ4v) is 3.27. The molecule has 0 spiro atoms. The van der Waals surface area contributed by atoms with E-state index in [0.717, 1.165) is 0 Å². The lowest BCUT2D eigenvalue weighted by Gasteiger charge is -2.23. The predicted octanol–water partition coefficient (Wildman–Crippen LogP) is 2.05. The summed E-state index contributed by atoms with van der Waals surface area (Å²) < 4.78 is 15.7. The van der Waals surface area contributed by atoms with E-state index in [9.17, 15) is 19.8 Å². The smallest absolute Gasteiger partial charge is 0.305 e. The van der Waals surface area contributed by atoms with Crippen LogP contribution in [0.1, 0.15) is 32.1 Å². The number of hydrogen-bond donors (Lipinski definition) is 2. The first kappa shape index (κ1) is 23.1. The zero-order chi connectivity index (χ0) is 21.1. The Bertz CT molecular complexity index is 658. The highest BCUT2D eigenvalue weighted by molar-refractivity contribution is 5.84. The Balaban J connectivity index is 1.73. The Morgan fingerprint density at radius 1 is 1.21 bits per heavy atom. The van der Waals surface area contributed by atoms with Crippen molar-refractivity contribution >= 4 is 11.8 Å². The third-order valence-corrected chi connectivity index (χ3v) is 4.82. The average molecular weight is 406 g/mol. The van der Waals surface area contributed by atoms with Gasteiger partial charge >= 0.3 is 5.97 Å². The standard InChI is InChI=1S/C22H30O7/c1-27-21(26)12-8-3-2-7-11-18-19(24)13-20(25)22(18)29-15-16(23)14-28-17-9-5-4-6-10-17/h2-6,9-10,16,18,20,22-23,25H,7-8,11-15H2,1H3/t16?,18-,20+,22+/m1/s1. The number of hydrogen-bond acceptors (Lipinski definition) is 7. The van der Waals surface area contributed by atoms with E-state index in [-0.39, 0.29) is 31.4 Å². The molecule has 1 aliphatic carbocycles. The molecule has 0 saturated heterocycles. The van der Waals surface area contributed by atoms with Crippen molar-refractivity contribution in [3.63, 3.8) is 0 Å². The lowest BCUT2D eigenvalue weighted by atomic mass is 9.98. The number of carbonyl (C=O) groups excluding carboxylic acids is 2. The number of rotatable bonds is 12. The van der Waals surface area contributed by atoms with E-state index in [1.165, 1.54) is 7.11 Å². The number of benzene rings is 1. The highest BCUT2D eigenvalue weighted by Gasteiger charge is 2.42. The molecule has 1 aromatic carbocycles. The van der Waals surface area contributed by atoms with Crippen LogP contribution in [0, 0.1) is 5.92 Å². The zero-order valence-electron chi connectivity index (χ0n) is 16.7. The molecule has 29 heavy (non-hydrogen) atoms. The number of ketones is 1. The Hall–Kier alpha value is -2.22. The Labute approximate surface area is 171 Å². The number of para-hydroxylation sites is 1. The molecule has 0 bridgehead atoms. The molecule has 1 aromatic rings. The van der Waals surface area contributed by atoms with Gasteiger partial charge < -0.3 is 24.4 Å². The molecule has 7 heteroatoms. The minimum absolute atomic E-state index is 0.0205. The summed E-state index contributed by atoms with van der Waals surface area (Å²) in [4.78, 5) is 23.2. The van der Waals surface area contributed by atoms with Crippen LogP contribution in [0.2, 0.25) is 0 Å². The van der Waals surface area contributed by atoms with Gasteiger partial charge in [-0.15, -0.1) is 0 Å². The second-order valence-electron chi connectivity index (χ2n) is 7.08. The van der Waals surface area contributed by atoms with Crippen LogP contribution in [-0.2, 0) is 19.1 Å². The summed E-state index contributed by atoms with van der Waals surface area (Å²) in [7, 11) is 1.36. The Morgan fingerprint density at radius 2 is 1.93 bits per heavy atom. The number of carbonyl (C=O) groups is 2. The van der Waals surface area contributed by atoms with E-state index in [2.05, 4.69) is 4.74 Å². The van der Waals surface area contributed by atoms with Crippen molar-refractivity contribution in [3.05, 3.63) is 42.5 Å². The largest absolute Gasteiger partial charge is 0.491 e. The number of aliphatic hydroxyl groups is 2. The van der Waals surface area contributed by atoms with Gasteiger partial charge in [0.05, 0.1) is 25.9 Å². The third-order valence-electron chi connectivity index (χ3n) is 4.82. The SMILES string of the molecule is COC(=O)CCC=CCC[C@@H]1C(=O)C[C@H](O)[C@H]1OCC(O)COc1ccccc1. The van der Waals surface area contributed by atoms with Crippen molar-refractivity contribution in [3.8, 4) is 5.75 Å². The maximum Gasteiger partial charge on any atom is 0.305 e. The van der Waals surface area contributed by atoms with Crippen LogP contribution in [0.3, 0.4) is 0 Å². The highest BCUT2D eigenvalue weighted by atomic mass is 16.5. The monoisotopic (exact) mass is 406 g/mol. The molecule has 1 unspecified atom stereocenters. The first-order valence-corrected chi connectivity index (χ1v) is 9.91. The van der Waals surface area contributed by atoms with Gasteiger partial charge in [-0.1, -0.05) is 30.4 Å². The van der Waals surface area contributed by atoms with Crippen molar-refractivity contribution in [1.29, 1.82) is 0 Å². The van der Waals surface area contributed by atoms with Gasteiger partial charge in [-0.25, -0.2) is 0 Å². The summed E-state index contributed by atoms with van der Waals surface area (Å²) in [6, 6.07) is 9.14. The Morgan fingerprint density at radius 3 is 2.66 bits per heavy atom. The van der Waals surface area contributed by atoms with Crippen molar-refractivity contribution < 1.29 is 34.0 Å². The normalized spacial score (nSPS) is 22.7. The molecule has 0 aliphatic heterocycles. The minimum atomic E-state index is -0.864. The molecule has 7 nitrogen and oxygen atoms in total. The lowest BCUT2D eigenvalue weighted by Crippen LogP contribution is -2.34. The minimum Gasteiger partial charge on any atom is -0.491 e. The molecule has 1 saturated carbocycles. The second-order valence-corrected chi connectivity index (χ2v) is 7.08. The van der Waals surface area contributed by atoms with E-state index >= 15 is 0 Å². The quantitative estimate of drug-likeness (QED) is 0.405. The molecular formula is C22H30O7. The number of allylic oxidation sites excluding steroid dienone is 2. The summed E-state index contributed by atoms with van der Waals surface area (Å²) in [6.07, 6.45) is 3.61. The first-order chi connectivity index (χ1) is 14.0. The van der Waals surface area contributed by atoms with Gasteiger partial charge in [-0.3, -0.25) is 9.59 Å². The maximum atomic E-state index is 12.2. The van der Waals surface area contributed by atoms with Crippen molar-refractivity contribution in [2.75, 3.05) is 20.3 Å². The highest BCUT2D eigenvalue weighted by Crippen LogP contribution is 2.29. The van der Waals surface area contributed by atoms with Gasteiger partial charge in [0.2, 0.25) is 0 Å². The van der Waals surface area contributed by atoms with Crippen molar-refractivity contribution in [1.82, 2.24) is 0 Å². The molecule has 160 valence electrons. The fraction of sp³-hybridized carbons (Fsp3) is 0.545. The average Bonchev–Trinajstić information content (AvgIpc) is 3.00. The molecule has 0 radical (unpaired) electrons. The van der Waals surface area contributed by atoms with Crippen LogP contribution < -0.4 is 4.74 Å². The molecular weight excluding hydrogens is 376 g/mol. The fourth-order valence-electron chi connectivity index (χ4n) is 3.27. The van der Waals surface area contributed by atoms with E-state index < -0.39 is 24.2 Å². The van der Waals surface area contributed by atoms with E-state index in [1.807, 2.05) is 30.4 Å². The molecule has 4 atom stereocenters.